The highest BCUT2D eigenvalue weighted by atomic mass is 32.2. The summed E-state index contributed by atoms with van der Waals surface area (Å²) in [5.74, 6) is -1.49. The third-order valence-corrected chi connectivity index (χ3v) is 2.77. The molecule has 7 heteroatoms. The van der Waals surface area contributed by atoms with Crippen LogP contribution in [0.15, 0.2) is 4.34 Å². The lowest BCUT2D eigenvalue weighted by Crippen LogP contribution is -2.09. The number of carboxylic acid groups (broad SMARTS) is 1. The van der Waals surface area contributed by atoms with Gasteiger partial charge >= 0.3 is 5.97 Å². The van der Waals surface area contributed by atoms with Gasteiger partial charge in [-0.15, -0.1) is 10.2 Å². The number of carboxylic acids is 1. The molecule has 1 atom stereocenters. The van der Waals surface area contributed by atoms with E-state index in [1.165, 1.54) is 11.3 Å². The van der Waals surface area contributed by atoms with E-state index in [0.717, 1.165) is 0 Å². The summed E-state index contributed by atoms with van der Waals surface area (Å²) in [6, 6.07) is 0. The highest BCUT2D eigenvalue weighted by molar-refractivity contribution is 8.02. The van der Waals surface area contributed by atoms with Crippen molar-refractivity contribution in [1.29, 1.82) is 0 Å². The smallest absolute Gasteiger partial charge is 0.349 e. The van der Waals surface area contributed by atoms with Gasteiger partial charge in [0.05, 0.1) is 0 Å². The summed E-state index contributed by atoms with van der Waals surface area (Å²) < 4.78 is 12.9. The minimum Gasteiger partial charge on any atom is -0.478 e. The Hall–Kier alpha value is -0.690. The first-order chi connectivity index (χ1) is 5.59. The second kappa shape index (κ2) is 3.81. The summed E-state index contributed by atoms with van der Waals surface area (Å²) >= 11 is 1.72. The average molecular weight is 208 g/mol. The van der Waals surface area contributed by atoms with Crippen LogP contribution in [-0.4, -0.2) is 26.8 Å². The number of aliphatic carboxylic acids is 1. The molecule has 1 rings (SSSR count). The largest absolute Gasteiger partial charge is 0.478 e. The Bertz CT molecular complexity index is 291. The minimum atomic E-state index is -1.96. The molecular weight excluding hydrogens is 203 g/mol. The third kappa shape index (κ3) is 2.42. The molecule has 0 fully saturated rings. The number of hydrogen-bond acceptors (Lipinski definition) is 5. The Kier molecular flexibility index (Phi) is 2.99. The van der Waals surface area contributed by atoms with Crippen molar-refractivity contribution in [1.82, 2.24) is 10.2 Å². The van der Waals surface area contributed by atoms with Gasteiger partial charge in [0.1, 0.15) is 5.01 Å². The molecule has 0 amide bonds. The Morgan fingerprint density at radius 3 is 2.83 bits per heavy atom. The zero-order valence-electron chi connectivity index (χ0n) is 6.02. The van der Waals surface area contributed by atoms with Crippen molar-refractivity contribution >= 4 is 29.1 Å². The van der Waals surface area contributed by atoms with Crippen LogP contribution in [0.25, 0.3) is 0 Å². The van der Waals surface area contributed by atoms with E-state index in [0.29, 0.717) is 21.1 Å². The standard InChI is InChI=1S/C5H5FN2O2S2/c1-2-7-8-5(11-2)12-3(6)4(9)10/h3H,1H3,(H,9,10). The fourth-order valence-corrected chi connectivity index (χ4v) is 2.05. The quantitative estimate of drug-likeness (QED) is 0.759. The molecule has 0 bridgehead atoms. The van der Waals surface area contributed by atoms with Crippen molar-refractivity contribution in [2.75, 3.05) is 0 Å². The van der Waals surface area contributed by atoms with Crippen molar-refractivity contribution in [2.45, 2.75) is 16.8 Å². The van der Waals surface area contributed by atoms with Gasteiger partial charge in [-0.2, -0.15) is 0 Å². The predicted molar refractivity (Wildman–Crippen MR) is 43.0 cm³/mol. The monoisotopic (exact) mass is 208 g/mol. The maximum Gasteiger partial charge on any atom is 0.349 e. The SMILES string of the molecule is Cc1nnc(SC(F)C(=O)O)s1. The van der Waals surface area contributed by atoms with Crippen LogP contribution in [0.4, 0.5) is 4.39 Å². The number of halogens is 1. The van der Waals surface area contributed by atoms with E-state index >= 15 is 0 Å². The first kappa shape index (κ1) is 9.40. The lowest BCUT2D eigenvalue weighted by atomic mass is 10.8. The van der Waals surface area contributed by atoms with Crippen LogP contribution in [0.5, 0.6) is 0 Å². The van der Waals surface area contributed by atoms with Gasteiger partial charge in [-0.1, -0.05) is 11.3 Å². The second-order valence-corrected chi connectivity index (χ2v) is 4.34. The van der Waals surface area contributed by atoms with Gasteiger partial charge in [-0.05, 0) is 18.7 Å². The summed E-state index contributed by atoms with van der Waals surface area (Å²) in [6.45, 7) is 1.72. The number of nitrogens with zero attached hydrogens (tertiary/aromatic N) is 2. The summed E-state index contributed by atoms with van der Waals surface area (Å²) in [7, 11) is 0. The molecule has 1 unspecified atom stereocenters. The highest BCUT2D eigenvalue weighted by Gasteiger charge is 2.19. The summed E-state index contributed by atoms with van der Waals surface area (Å²) in [6.07, 6.45) is 0. The van der Waals surface area contributed by atoms with Crippen LogP contribution in [0.2, 0.25) is 0 Å². The minimum absolute atomic E-state index is 0.336. The van der Waals surface area contributed by atoms with Gasteiger partial charge in [0.2, 0.25) is 5.50 Å². The lowest BCUT2D eigenvalue weighted by molar-refractivity contribution is -0.139. The van der Waals surface area contributed by atoms with E-state index in [4.69, 9.17) is 5.11 Å². The van der Waals surface area contributed by atoms with Gasteiger partial charge in [-0.3, -0.25) is 0 Å². The summed E-state index contributed by atoms with van der Waals surface area (Å²) in [4.78, 5) is 10.1. The van der Waals surface area contributed by atoms with Gasteiger partial charge in [-0.25, -0.2) is 9.18 Å². The molecule has 1 aromatic heterocycles. The van der Waals surface area contributed by atoms with E-state index in [1.54, 1.807) is 6.92 Å². The summed E-state index contributed by atoms with van der Waals surface area (Å²) in [5.41, 5.74) is -1.96. The summed E-state index contributed by atoms with van der Waals surface area (Å²) in [5, 5.41) is 16.1. The van der Waals surface area contributed by atoms with Gasteiger partial charge in [0, 0.05) is 0 Å². The van der Waals surface area contributed by atoms with E-state index in [9.17, 15) is 9.18 Å². The topological polar surface area (TPSA) is 63.1 Å². The zero-order chi connectivity index (χ0) is 9.14. The number of rotatable bonds is 3. The molecule has 0 saturated heterocycles. The molecule has 4 nitrogen and oxygen atoms in total. The van der Waals surface area contributed by atoms with Crippen molar-refractivity contribution in [3.8, 4) is 0 Å². The zero-order valence-corrected chi connectivity index (χ0v) is 7.65. The van der Waals surface area contributed by atoms with Gasteiger partial charge in [0.15, 0.2) is 4.34 Å². The molecule has 0 saturated carbocycles. The lowest BCUT2D eigenvalue weighted by Gasteiger charge is -1.96. The molecule has 66 valence electrons. The molecule has 1 aromatic rings. The van der Waals surface area contributed by atoms with Crippen LogP contribution in [0.1, 0.15) is 5.01 Å². The van der Waals surface area contributed by atoms with Gasteiger partial charge < -0.3 is 5.11 Å². The van der Waals surface area contributed by atoms with Crippen LogP contribution < -0.4 is 0 Å². The number of aromatic nitrogens is 2. The number of hydrogen-bond donors (Lipinski definition) is 1. The Morgan fingerprint density at radius 1 is 1.75 bits per heavy atom. The van der Waals surface area contributed by atoms with Crippen LogP contribution in [0.3, 0.4) is 0 Å². The number of alkyl halides is 1. The Morgan fingerprint density at radius 2 is 2.42 bits per heavy atom. The predicted octanol–water partition coefficient (Wildman–Crippen LogP) is 1.32. The van der Waals surface area contributed by atoms with E-state index in [1.807, 2.05) is 0 Å². The first-order valence-corrected chi connectivity index (χ1v) is 4.63. The van der Waals surface area contributed by atoms with Crippen LogP contribution in [0, 0.1) is 6.92 Å². The molecule has 0 aliphatic heterocycles. The van der Waals surface area contributed by atoms with E-state index in [-0.39, 0.29) is 0 Å². The van der Waals surface area contributed by atoms with Gasteiger partial charge in [0.25, 0.3) is 0 Å². The van der Waals surface area contributed by atoms with Crippen molar-refractivity contribution in [2.24, 2.45) is 0 Å². The molecular formula is C5H5FN2O2S2. The molecule has 0 radical (unpaired) electrons. The van der Waals surface area contributed by atoms with E-state index < -0.39 is 11.5 Å². The van der Waals surface area contributed by atoms with E-state index in [2.05, 4.69) is 10.2 Å². The maximum absolute atomic E-state index is 12.5. The number of aryl methyl sites for hydroxylation is 1. The van der Waals surface area contributed by atoms with Crippen LogP contribution in [-0.2, 0) is 4.79 Å². The molecule has 12 heavy (non-hydrogen) atoms. The van der Waals surface area contributed by atoms with Crippen LogP contribution >= 0.6 is 23.1 Å². The molecule has 1 heterocycles. The molecule has 0 aliphatic carbocycles. The third-order valence-electron chi connectivity index (χ3n) is 0.906. The molecule has 1 N–H and O–H groups in total. The maximum atomic E-state index is 12.5. The average Bonchev–Trinajstić information content (AvgIpc) is 2.35. The molecule has 0 aromatic carbocycles. The number of carbonyl (C=O) groups is 1. The number of thioether (sulfide) groups is 1. The highest BCUT2D eigenvalue weighted by Crippen LogP contribution is 2.26. The Balaban J connectivity index is 2.58. The van der Waals surface area contributed by atoms with Crippen molar-refractivity contribution < 1.29 is 14.3 Å². The molecule has 0 aliphatic rings. The first-order valence-electron chi connectivity index (χ1n) is 2.93. The fourth-order valence-electron chi connectivity index (χ4n) is 0.465. The second-order valence-electron chi connectivity index (χ2n) is 1.86. The molecule has 0 spiro atoms. The fraction of sp³-hybridized carbons (Fsp3) is 0.400. The normalized spacial score (nSPS) is 12.8. The Labute approximate surface area is 75.8 Å². The van der Waals surface area contributed by atoms with Crippen molar-refractivity contribution in [3.63, 3.8) is 0 Å². The van der Waals surface area contributed by atoms with Crippen molar-refractivity contribution in [3.05, 3.63) is 5.01 Å².